The van der Waals surface area contributed by atoms with E-state index >= 15 is 0 Å². The first kappa shape index (κ1) is 25.2. The lowest BCUT2D eigenvalue weighted by molar-refractivity contribution is -0.123. The molecule has 1 amide bonds. The third-order valence-corrected chi connectivity index (χ3v) is 7.04. The van der Waals surface area contributed by atoms with Gasteiger partial charge in [0.25, 0.3) is 5.91 Å². The summed E-state index contributed by atoms with van der Waals surface area (Å²) in [6.07, 6.45) is -1.18. The van der Waals surface area contributed by atoms with Gasteiger partial charge in [0, 0.05) is 18.7 Å². The number of aryl methyl sites for hydroxylation is 1. The van der Waals surface area contributed by atoms with E-state index in [4.69, 9.17) is 4.74 Å². The smallest absolute Gasteiger partial charge is 0.339 e. The SMILES string of the molecule is CCN(CC)S(=O)(=O)c1ccc(C)c(C(=O)OC(C)C(=O)Nc2ccccc2C(C)=O)c1. The summed E-state index contributed by atoms with van der Waals surface area (Å²) < 4.78 is 32.1. The molecule has 1 N–H and O–H groups in total. The average Bonchev–Trinajstić information content (AvgIpc) is 2.74. The van der Waals surface area contributed by atoms with Crippen molar-refractivity contribution in [3.05, 3.63) is 59.2 Å². The van der Waals surface area contributed by atoms with Crippen LogP contribution in [0.15, 0.2) is 47.4 Å². The van der Waals surface area contributed by atoms with Crippen LogP contribution in [0.5, 0.6) is 0 Å². The van der Waals surface area contributed by atoms with E-state index in [0.717, 1.165) is 0 Å². The number of ketones is 1. The predicted octanol–water partition coefficient (Wildman–Crippen LogP) is 3.41. The number of nitrogens with one attached hydrogen (secondary N) is 1. The van der Waals surface area contributed by atoms with Gasteiger partial charge in [0.1, 0.15) is 0 Å². The van der Waals surface area contributed by atoms with Crippen LogP contribution in [0, 0.1) is 6.92 Å². The molecule has 0 spiro atoms. The molecule has 2 aromatic carbocycles. The Kier molecular flexibility index (Phi) is 8.29. The molecule has 0 saturated heterocycles. The van der Waals surface area contributed by atoms with Crippen molar-refractivity contribution in [1.82, 2.24) is 4.31 Å². The number of para-hydroxylation sites is 1. The molecule has 2 rings (SSSR count). The summed E-state index contributed by atoms with van der Waals surface area (Å²) in [6.45, 7) is 8.49. The van der Waals surface area contributed by atoms with Crippen LogP contribution in [0.3, 0.4) is 0 Å². The fourth-order valence-electron chi connectivity index (χ4n) is 3.11. The summed E-state index contributed by atoms with van der Waals surface area (Å²) in [4.78, 5) is 37.0. The molecule has 9 heteroatoms. The van der Waals surface area contributed by atoms with Crippen molar-refractivity contribution >= 4 is 33.4 Å². The van der Waals surface area contributed by atoms with E-state index in [-0.39, 0.29) is 16.2 Å². The van der Waals surface area contributed by atoms with Crippen LogP contribution >= 0.6 is 0 Å². The van der Waals surface area contributed by atoms with Gasteiger partial charge in [0.15, 0.2) is 11.9 Å². The Balaban J connectivity index is 2.22. The molecular weight excluding hydrogens is 432 g/mol. The molecule has 0 radical (unpaired) electrons. The molecule has 172 valence electrons. The molecule has 0 fully saturated rings. The highest BCUT2D eigenvalue weighted by Crippen LogP contribution is 2.21. The minimum atomic E-state index is -3.76. The van der Waals surface area contributed by atoms with Crippen LogP contribution in [0.4, 0.5) is 5.69 Å². The number of anilines is 1. The van der Waals surface area contributed by atoms with Crippen molar-refractivity contribution in [3.63, 3.8) is 0 Å². The first-order valence-electron chi connectivity index (χ1n) is 10.3. The summed E-state index contributed by atoms with van der Waals surface area (Å²) in [5.74, 6) is -1.65. The Morgan fingerprint density at radius 2 is 1.66 bits per heavy atom. The first-order valence-corrected chi connectivity index (χ1v) is 11.7. The fraction of sp³-hybridized carbons (Fsp3) is 0.348. The molecule has 0 saturated carbocycles. The lowest BCUT2D eigenvalue weighted by Crippen LogP contribution is -2.31. The van der Waals surface area contributed by atoms with Gasteiger partial charge in [-0.2, -0.15) is 4.31 Å². The Bertz CT molecular complexity index is 1120. The number of esters is 1. The number of carbonyl (C=O) groups is 3. The topological polar surface area (TPSA) is 110 Å². The van der Waals surface area contributed by atoms with Crippen LogP contribution in [-0.2, 0) is 19.6 Å². The molecule has 0 heterocycles. The molecule has 0 bridgehead atoms. The van der Waals surface area contributed by atoms with E-state index in [1.807, 2.05) is 0 Å². The zero-order valence-corrected chi connectivity index (χ0v) is 19.7. The van der Waals surface area contributed by atoms with Gasteiger partial charge >= 0.3 is 5.97 Å². The summed E-state index contributed by atoms with van der Waals surface area (Å²) >= 11 is 0. The Morgan fingerprint density at radius 3 is 2.25 bits per heavy atom. The van der Waals surface area contributed by atoms with Gasteiger partial charge in [-0.05, 0) is 50.6 Å². The van der Waals surface area contributed by atoms with Crippen molar-refractivity contribution in [2.45, 2.75) is 45.6 Å². The monoisotopic (exact) mass is 460 g/mol. The maximum Gasteiger partial charge on any atom is 0.339 e. The number of carbonyl (C=O) groups excluding carboxylic acids is 3. The number of ether oxygens (including phenoxy) is 1. The highest BCUT2D eigenvalue weighted by atomic mass is 32.2. The average molecular weight is 461 g/mol. The van der Waals surface area contributed by atoms with E-state index < -0.39 is 28.0 Å². The van der Waals surface area contributed by atoms with Gasteiger partial charge in [0.2, 0.25) is 10.0 Å². The van der Waals surface area contributed by atoms with Crippen molar-refractivity contribution in [2.75, 3.05) is 18.4 Å². The predicted molar refractivity (Wildman–Crippen MR) is 121 cm³/mol. The second-order valence-corrected chi connectivity index (χ2v) is 9.14. The zero-order chi connectivity index (χ0) is 24.1. The number of amides is 1. The summed E-state index contributed by atoms with van der Waals surface area (Å²) in [7, 11) is -3.76. The minimum absolute atomic E-state index is 0.0220. The number of sulfonamides is 1. The maximum absolute atomic E-state index is 12.8. The van der Waals surface area contributed by atoms with Crippen molar-refractivity contribution < 1.29 is 27.5 Å². The second kappa shape index (κ2) is 10.5. The largest absolute Gasteiger partial charge is 0.449 e. The Hall–Kier alpha value is -3.04. The maximum atomic E-state index is 12.8. The van der Waals surface area contributed by atoms with Crippen molar-refractivity contribution in [1.29, 1.82) is 0 Å². The molecule has 2 aromatic rings. The van der Waals surface area contributed by atoms with Gasteiger partial charge in [0.05, 0.1) is 16.1 Å². The molecule has 1 unspecified atom stereocenters. The normalized spacial score (nSPS) is 12.3. The van der Waals surface area contributed by atoms with Crippen molar-refractivity contribution in [2.24, 2.45) is 0 Å². The molecule has 0 aliphatic heterocycles. The molecule has 1 atom stereocenters. The zero-order valence-electron chi connectivity index (χ0n) is 18.8. The van der Waals surface area contributed by atoms with Crippen molar-refractivity contribution in [3.8, 4) is 0 Å². The summed E-state index contributed by atoms with van der Waals surface area (Å²) in [5.41, 5.74) is 1.23. The molecule has 0 aromatic heterocycles. The third kappa shape index (κ3) is 5.60. The van der Waals surface area contributed by atoms with Gasteiger partial charge in [-0.15, -0.1) is 0 Å². The molecular formula is C23H28N2O6S. The van der Waals surface area contributed by atoms with Crippen LogP contribution in [0.2, 0.25) is 0 Å². The molecule has 8 nitrogen and oxygen atoms in total. The van der Waals surface area contributed by atoms with Crippen LogP contribution in [0.1, 0.15) is 54.0 Å². The number of benzene rings is 2. The van der Waals surface area contributed by atoms with Crippen LogP contribution in [-0.4, -0.2) is 49.6 Å². The lowest BCUT2D eigenvalue weighted by atomic mass is 10.1. The Labute approximate surface area is 188 Å². The van der Waals surface area contributed by atoms with E-state index in [9.17, 15) is 22.8 Å². The van der Waals surface area contributed by atoms with Gasteiger partial charge in [-0.3, -0.25) is 9.59 Å². The van der Waals surface area contributed by atoms with E-state index in [1.54, 1.807) is 45.0 Å². The van der Waals surface area contributed by atoms with Gasteiger partial charge < -0.3 is 10.1 Å². The van der Waals surface area contributed by atoms with Crippen LogP contribution < -0.4 is 5.32 Å². The number of nitrogens with zero attached hydrogens (tertiary/aromatic N) is 1. The highest BCUT2D eigenvalue weighted by molar-refractivity contribution is 7.89. The third-order valence-electron chi connectivity index (χ3n) is 4.99. The van der Waals surface area contributed by atoms with E-state index in [1.165, 1.54) is 36.4 Å². The Morgan fingerprint density at radius 1 is 1.03 bits per heavy atom. The molecule has 0 aliphatic rings. The molecule has 32 heavy (non-hydrogen) atoms. The first-order chi connectivity index (χ1) is 15.0. The van der Waals surface area contributed by atoms with E-state index in [2.05, 4.69) is 5.32 Å². The minimum Gasteiger partial charge on any atom is -0.449 e. The lowest BCUT2D eigenvalue weighted by Gasteiger charge is -2.19. The van der Waals surface area contributed by atoms with E-state index in [0.29, 0.717) is 29.9 Å². The number of hydrogen-bond donors (Lipinski definition) is 1. The van der Waals surface area contributed by atoms with Crippen LogP contribution in [0.25, 0.3) is 0 Å². The number of hydrogen-bond acceptors (Lipinski definition) is 6. The molecule has 0 aliphatic carbocycles. The summed E-state index contributed by atoms with van der Waals surface area (Å²) in [6, 6.07) is 10.7. The van der Waals surface area contributed by atoms with Gasteiger partial charge in [-0.25, -0.2) is 13.2 Å². The van der Waals surface area contributed by atoms with Gasteiger partial charge in [-0.1, -0.05) is 32.0 Å². The highest BCUT2D eigenvalue weighted by Gasteiger charge is 2.26. The number of rotatable bonds is 9. The summed E-state index contributed by atoms with van der Waals surface area (Å²) in [5, 5.41) is 2.59. The quantitative estimate of drug-likeness (QED) is 0.454. The second-order valence-electron chi connectivity index (χ2n) is 7.20. The standard InChI is InChI=1S/C23H28N2O6S/c1-6-25(7-2)32(29,30)18-13-12-15(3)20(14-18)23(28)31-17(5)22(27)24-21-11-9-8-10-19(21)16(4)26/h8-14,17H,6-7H2,1-5H3,(H,24,27). The fourth-order valence-corrected chi connectivity index (χ4v) is 4.59. The number of Topliss-reactive ketones (excluding diaryl/α,β-unsaturated/α-hetero) is 1.